The van der Waals surface area contributed by atoms with Crippen LogP contribution in [0.15, 0.2) is 34.6 Å². The number of anilines is 1. The number of hydrogen-bond donors (Lipinski definition) is 6. The summed E-state index contributed by atoms with van der Waals surface area (Å²) in [5.74, 6) is 0. The van der Waals surface area contributed by atoms with E-state index in [4.69, 9.17) is 11.5 Å². The molecule has 1 saturated heterocycles. The quantitative estimate of drug-likeness (QED) is 0.229. The molecule has 0 spiro atoms. The van der Waals surface area contributed by atoms with Gasteiger partial charge >= 0.3 is 0 Å². The summed E-state index contributed by atoms with van der Waals surface area (Å²) in [4.78, 5) is 3.97. The largest absolute Gasteiger partial charge is 0.404 e. The van der Waals surface area contributed by atoms with Crippen molar-refractivity contribution < 1.29 is 8.78 Å². The van der Waals surface area contributed by atoms with Crippen molar-refractivity contribution in [2.75, 3.05) is 38.5 Å². The number of benzene rings is 1. The SMILES string of the molecule is CCCc1cc(/C(C=NC)=C/N)c(C(F)F)cc1NC(N)C1=C(NC2CCNCC2)CCNC1. The van der Waals surface area contributed by atoms with Gasteiger partial charge in [-0.2, -0.15) is 0 Å². The van der Waals surface area contributed by atoms with Gasteiger partial charge in [-0.3, -0.25) is 4.99 Å². The van der Waals surface area contributed by atoms with Crippen LogP contribution in [-0.4, -0.2) is 51.6 Å². The molecule has 2 aliphatic rings. The third kappa shape index (κ3) is 6.55. The van der Waals surface area contributed by atoms with Crippen molar-refractivity contribution >= 4 is 17.5 Å². The van der Waals surface area contributed by atoms with E-state index in [1.165, 1.54) is 24.2 Å². The van der Waals surface area contributed by atoms with Crippen molar-refractivity contribution in [3.05, 3.63) is 46.3 Å². The molecule has 34 heavy (non-hydrogen) atoms. The molecule has 0 aromatic heterocycles. The fourth-order valence-corrected chi connectivity index (χ4v) is 4.68. The highest BCUT2D eigenvalue weighted by molar-refractivity contribution is 6.10. The second-order valence-corrected chi connectivity index (χ2v) is 8.88. The van der Waals surface area contributed by atoms with Gasteiger partial charge in [-0.1, -0.05) is 13.3 Å². The van der Waals surface area contributed by atoms with E-state index in [0.717, 1.165) is 62.9 Å². The molecular weight excluding hydrogens is 436 g/mol. The molecular formula is C25H39F2N7. The zero-order chi connectivity index (χ0) is 24.5. The Balaban J connectivity index is 1.93. The lowest BCUT2D eigenvalue weighted by Gasteiger charge is -2.32. The highest BCUT2D eigenvalue weighted by Gasteiger charge is 2.24. The number of halogens is 2. The summed E-state index contributed by atoms with van der Waals surface area (Å²) in [6, 6.07) is 3.75. The number of rotatable bonds is 10. The number of nitrogens with one attached hydrogen (secondary N) is 4. The highest BCUT2D eigenvalue weighted by Crippen LogP contribution is 2.34. The summed E-state index contributed by atoms with van der Waals surface area (Å²) in [7, 11) is 1.59. The maximum atomic E-state index is 14.1. The maximum absolute atomic E-state index is 14.1. The Kier molecular flexibility index (Phi) is 9.86. The Morgan fingerprint density at radius 3 is 2.65 bits per heavy atom. The second-order valence-electron chi connectivity index (χ2n) is 8.88. The van der Waals surface area contributed by atoms with Crippen molar-refractivity contribution in [1.29, 1.82) is 0 Å². The van der Waals surface area contributed by atoms with Gasteiger partial charge in [0.05, 0.1) is 6.17 Å². The van der Waals surface area contributed by atoms with Gasteiger partial charge in [0, 0.05) is 61.1 Å². The molecule has 0 bridgehead atoms. The van der Waals surface area contributed by atoms with Gasteiger partial charge in [-0.25, -0.2) is 8.78 Å². The smallest absolute Gasteiger partial charge is 0.264 e. The molecule has 7 nitrogen and oxygen atoms in total. The van der Waals surface area contributed by atoms with E-state index in [0.29, 0.717) is 29.4 Å². The lowest BCUT2D eigenvalue weighted by molar-refractivity contribution is 0.151. The average molecular weight is 476 g/mol. The number of allylic oxidation sites excluding steroid dienone is 1. The Labute approximate surface area is 201 Å². The summed E-state index contributed by atoms with van der Waals surface area (Å²) in [5, 5.41) is 13.9. The van der Waals surface area contributed by atoms with Crippen LogP contribution in [0.4, 0.5) is 14.5 Å². The third-order valence-corrected chi connectivity index (χ3v) is 6.45. The van der Waals surface area contributed by atoms with Gasteiger partial charge in [-0.15, -0.1) is 0 Å². The van der Waals surface area contributed by atoms with E-state index in [-0.39, 0.29) is 5.56 Å². The summed E-state index contributed by atoms with van der Waals surface area (Å²) in [6.07, 6.45) is 4.29. The van der Waals surface area contributed by atoms with Crippen molar-refractivity contribution in [2.45, 2.75) is 57.7 Å². The first-order valence-electron chi connectivity index (χ1n) is 12.2. The molecule has 1 atom stereocenters. The van der Waals surface area contributed by atoms with Gasteiger partial charge in [0.25, 0.3) is 6.43 Å². The molecule has 1 aromatic rings. The molecule has 1 unspecified atom stereocenters. The number of aryl methyl sites for hydroxylation is 1. The molecule has 8 N–H and O–H groups in total. The van der Waals surface area contributed by atoms with E-state index in [1.807, 2.05) is 0 Å². The molecule has 1 aromatic carbocycles. The van der Waals surface area contributed by atoms with Crippen LogP contribution in [0.2, 0.25) is 0 Å². The molecule has 188 valence electrons. The molecule has 2 heterocycles. The monoisotopic (exact) mass is 475 g/mol. The van der Waals surface area contributed by atoms with Gasteiger partial charge in [0.2, 0.25) is 0 Å². The Bertz CT molecular complexity index is 905. The molecule has 9 heteroatoms. The van der Waals surface area contributed by atoms with Crippen LogP contribution in [-0.2, 0) is 6.42 Å². The van der Waals surface area contributed by atoms with Gasteiger partial charge in [-0.05, 0) is 67.6 Å². The zero-order valence-corrected chi connectivity index (χ0v) is 20.3. The molecule has 2 aliphatic heterocycles. The molecule has 0 radical (unpaired) electrons. The van der Waals surface area contributed by atoms with Crippen LogP contribution in [0.25, 0.3) is 5.57 Å². The molecule has 0 amide bonds. The Morgan fingerprint density at radius 1 is 1.24 bits per heavy atom. The zero-order valence-electron chi connectivity index (χ0n) is 20.3. The van der Waals surface area contributed by atoms with Gasteiger partial charge in [0.1, 0.15) is 0 Å². The first-order valence-corrected chi connectivity index (χ1v) is 12.2. The van der Waals surface area contributed by atoms with Crippen molar-refractivity contribution in [3.8, 4) is 0 Å². The second kappa shape index (κ2) is 12.8. The fourth-order valence-electron chi connectivity index (χ4n) is 4.68. The first-order chi connectivity index (χ1) is 16.5. The van der Waals surface area contributed by atoms with Crippen LogP contribution in [0.5, 0.6) is 0 Å². The lowest BCUT2D eigenvalue weighted by Crippen LogP contribution is -2.46. The van der Waals surface area contributed by atoms with Gasteiger partial charge in [0.15, 0.2) is 0 Å². The van der Waals surface area contributed by atoms with Crippen LogP contribution < -0.4 is 32.7 Å². The molecule has 3 rings (SSSR count). The number of nitrogens with zero attached hydrogens (tertiary/aromatic N) is 1. The van der Waals surface area contributed by atoms with E-state index in [1.54, 1.807) is 13.1 Å². The van der Waals surface area contributed by atoms with Crippen molar-refractivity contribution in [1.82, 2.24) is 16.0 Å². The van der Waals surface area contributed by atoms with Crippen molar-refractivity contribution in [3.63, 3.8) is 0 Å². The maximum Gasteiger partial charge on any atom is 0.264 e. The number of piperidine rings is 1. The molecule has 0 aliphatic carbocycles. The fraction of sp³-hybridized carbons (Fsp3) is 0.560. The number of nitrogens with two attached hydrogens (primary N) is 2. The van der Waals surface area contributed by atoms with E-state index in [2.05, 4.69) is 33.2 Å². The molecule has 1 fully saturated rings. The summed E-state index contributed by atoms with van der Waals surface area (Å²) >= 11 is 0. The minimum Gasteiger partial charge on any atom is -0.404 e. The van der Waals surface area contributed by atoms with Crippen molar-refractivity contribution in [2.24, 2.45) is 16.5 Å². The van der Waals surface area contributed by atoms with Crippen LogP contribution in [0.3, 0.4) is 0 Å². The Hall–Kier alpha value is -2.49. The summed E-state index contributed by atoms with van der Waals surface area (Å²) < 4.78 is 28.1. The topological polar surface area (TPSA) is 113 Å². The van der Waals surface area contributed by atoms with E-state index < -0.39 is 12.6 Å². The predicted octanol–water partition coefficient (Wildman–Crippen LogP) is 2.86. The van der Waals surface area contributed by atoms with Gasteiger partial charge < -0.3 is 32.7 Å². The minimum atomic E-state index is -2.66. The van der Waals surface area contributed by atoms with Crippen LogP contribution >= 0.6 is 0 Å². The van der Waals surface area contributed by atoms with E-state index >= 15 is 0 Å². The normalized spacial score (nSPS) is 19.2. The predicted molar refractivity (Wildman–Crippen MR) is 137 cm³/mol. The Morgan fingerprint density at radius 2 is 2.00 bits per heavy atom. The third-order valence-electron chi connectivity index (χ3n) is 6.45. The first kappa shape index (κ1) is 26.1. The van der Waals surface area contributed by atoms with E-state index in [9.17, 15) is 8.78 Å². The highest BCUT2D eigenvalue weighted by atomic mass is 19.3. The summed E-state index contributed by atoms with van der Waals surface area (Å²) in [5.41, 5.74) is 16.9. The standard InChI is InChI=1S/C25H39F2N7/c1-3-4-16-11-19(17(13-28)14-30-2)20(24(26)27)12-23(16)34-25(29)21-15-32-10-7-22(21)33-18-5-8-31-9-6-18/h11-14,18,24-25,31-34H,3-10,15,28-29H2,1-2H3/b17-13+,30-14?. The average Bonchev–Trinajstić information content (AvgIpc) is 2.84. The lowest BCUT2D eigenvalue weighted by atomic mass is 9.94. The molecule has 0 saturated carbocycles. The number of alkyl halides is 2. The minimum absolute atomic E-state index is 0.0880. The summed E-state index contributed by atoms with van der Waals surface area (Å²) in [6.45, 7) is 5.63. The number of hydrogen-bond acceptors (Lipinski definition) is 7. The van der Waals surface area contributed by atoms with Crippen LogP contribution in [0, 0.1) is 0 Å². The van der Waals surface area contributed by atoms with Crippen LogP contribution in [0.1, 0.15) is 55.7 Å². The number of aliphatic imine (C=N–C) groups is 1.